The van der Waals surface area contributed by atoms with Crippen LogP contribution in [-0.4, -0.2) is 11.8 Å². The predicted molar refractivity (Wildman–Crippen MR) is 112 cm³/mol. The summed E-state index contributed by atoms with van der Waals surface area (Å²) in [5, 5.41) is 0.464. The molecular formula is C23H15ClO3S. The summed E-state index contributed by atoms with van der Waals surface area (Å²) in [6.45, 7) is 1.95. The average molecular weight is 407 g/mol. The monoisotopic (exact) mass is 406 g/mol. The summed E-state index contributed by atoms with van der Waals surface area (Å²) in [7, 11) is 0. The lowest BCUT2D eigenvalue weighted by Gasteiger charge is -2.09. The van der Waals surface area contributed by atoms with Crippen molar-refractivity contribution in [3.63, 3.8) is 0 Å². The lowest BCUT2D eigenvalue weighted by atomic mass is 10.1. The Morgan fingerprint density at radius 1 is 1.04 bits per heavy atom. The van der Waals surface area contributed by atoms with E-state index in [2.05, 4.69) is 0 Å². The van der Waals surface area contributed by atoms with Crippen LogP contribution in [0.1, 0.15) is 31.8 Å². The number of ether oxygens (including phenoxy) is 1. The highest BCUT2D eigenvalue weighted by Gasteiger charge is 2.25. The fraction of sp³-hybridized carbons (Fsp3) is 0.0435. The first kappa shape index (κ1) is 18.5. The highest BCUT2D eigenvalue weighted by Crippen LogP contribution is 2.41. The van der Waals surface area contributed by atoms with E-state index < -0.39 is 5.97 Å². The van der Waals surface area contributed by atoms with Gasteiger partial charge in [0.15, 0.2) is 0 Å². The second-order valence-corrected chi connectivity index (χ2v) is 7.90. The second-order valence-electron chi connectivity index (χ2n) is 6.38. The molecule has 0 unspecified atom stereocenters. The number of thioether (sulfide) groups is 1. The van der Waals surface area contributed by atoms with Gasteiger partial charge in [-0.25, -0.2) is 4.79 Å². The van der Waals surface area contributed by atoms with Gasteiger partial charge in [-0.2, -0.15) is 0 Å². The Morgan fingerprint density at radius 3 is 2.64 bits per heavy atom. The third-order valence-corrected chi connectivity index (χ3v) is 5.62. The van der Waals surface area contributed by atoms with Crippen molar-refractivity contribution in [1.29, 1.82) is 0 Å². The largest absolute Gasteiger partial charge is 0.422 e. The topological polar surface area (TPSA) is 43.4 Å². The van der Waals surface area contributed by atoms with Gasteiger partial charge in [-0.1, -0.05) is 53.2 Å². The molecule has 1 heterocycles. The highest BCUT2D eigenvalue weighted by molar-refractivity contribution is 8.04. The molecule has 0 bridgehead atoms. The number of benzene rings is 3. The molecule has 3 aromatic rings. The molecule has 0 amide bonds. The lowest BCUT2D eigenvalue weighted by Crippen LogP contribution is -2.09. The fourth-order valence-corrected chi connectivity index (χ4v) is 4.16. The number of rotatable bonds is 3. The van der Waals surface area contributed by atoms with Crippen LogP contribution < -0.4 is 4.74 Å². The van der Waals surface area contributed by atoms with Crippen LogP contribution in [0.25, 0.3) is 6.08 Å². The molecule has 0 saturated heterocycles. The first-order chi connectivity index (χ1) is 13.5. The van der Waals surface area contributed by atoms with E-state index in [0.29, 0.717) is 32.4 Å². The number of fused-ring (bicyclic) bond motifs is 1. The van der Waals surface area contributed by atoms with Crippen LogP contribution in [0.2, 0.25) is 5.02 Å². The second kappa shape index (κ2) is 7.66. The molecule has 1 aliphatic heterocycles. The van der Waals surface area contributed by atoms with Crippen LogP contribution in [0, 0.1) is 6.92 Å². The van der Waals surface area contributed by atoms with Gasteiger partial charge in [0.25, 0.3) is 0 Å². The average Bonchev–Trinajstić information content (AvgIpc) is 3.00. The first-order valence-electron chi connectivity index (χ1n) is 8.63. The molecule has 0 aliphatic carbocycles. The first-order valence-corrected chi connectivity index (χ1v) is 9.82. The van der Waals surface area contributed by atoms with Crippen molar-refractivity contribution in [2.75, 3.05) is 0 Å². The van der Waals surface area contributed by atoms with Gasteiger partial charge in [-0.15, -0.1) is 0 Å². The van der Waals surface area contributed by atoms with Gasteiger partial charge in [-0.3, -0.25) is 4.79 Å². The molecule has 5 heteroatoms. The summed E-state index contributed by atoms with van der Waals surface area (Å²) < 4.78 is 5.60. The highest BCUT2D eigenvalue weighted by atomic mass is 35.5. The zero-order chi connectivity index (χ0) is 19.7. The Labute approximate surface area is 172 Å². The van der Waals surface area contributed by atoms with Crippen molar-refractivity contribution < 1.29 is 14.3 Å². The lowest BCUT2D eigenvalue weighted by molar-refractivity contribution is 0.0734. The van der Waals surface area contributed by atoms with Crippen molar-refractivity contribution in [3.8, 4) is 5.75 Å². The number of hydrogen-bond donors (Lipinski definition) is 0. The number of allylic oxidation sites excluding steroid dienone is 1. The molecule has 0 spiro atoms. The van der Waals surface area contributed by atoms with Crippen LogP contribution in [0.3, 0.4) is 0 Å². The predicted octanol–water partition coefficient (Wildman–Crippen LogP) is 6.20. The molecule has 3 nitrogen and oxygen atoms in total. The quantitative estimate of drug-likeness (QED) is 0.295. The molecular weight excluding hydrogens is 392 g/mol. The maximum atomic E-state index is 12.7. The third kappa shape index (κ3) is 3.75. The number of Topliss-reactive ketones (excluding diaryl/α,β-unsaturated/α-hetero) is 1. The maximum Gasteiger partial charge on any atom is 0.343 e. The molecule has 0 atom stereocenters. The number of esters is 1. The number of carbonyl (C=O) groups excluding carboxylic acids is 2. The zero-order valence-electron chi connectivity index (χ0n) is 14.9. The Morgan fingerprint density at radius 2 is 1.86 bits per heavy atom. The number of aryl methyl sites for hydroxylation is 1. The van der Waals surface area contributed by atoms with Gasteiger partial charge in [0.2, 0.25) is 5.78 Å². The number of ketones is 1. The molecule has 0 radical (unpaired) electrons. The minimum absolute atomic E-state index is 0.0192. The Hall–Kier alpha value is -2.82. The summed E-state index contributed by atoms with van der Waals surface area (Å²) in [5.41, 5.74) is 2.75. The van der Waals surface area contributed by atoms with Crippen LogP contribution in [0.5, 0.6) is 5.75 Å². The van der Waals surface area contributed by atoms with Crippen molar-refractivity contribution >= 4 is 41.2 Å². The molecule has 0 fully saturated rings. The molecule has 0 saturated carbocycles. The van der Waals surface area contributed by atoms with Gasteiger partial charge in [0, 0.05) is 21.0 Å². The molecule has 3 aromatic carbocycles. The Bertz CT molecular complexity index is 1130. The van der Waals surface area contributed by atoms with E-state index in [-0.39, 0.29) is 5.78 Å². The molecule has 28 heavy (non-hydrogen) atoms. The van der Waals surface area contributed by atoms with Crippen LogP contribution in [0.15, 0.2) is 76.5 Å². The van der Waals surface area contributed by atoms with E-state index >= 15 is 0 Å². The van der Waals surface area contributed by atoms with Crippen molar-refractivity contribution in [1.82, 2.24) is 0 Å². The summed E-state index contributed by atoms with van der Waals surface area (Å²) in [6, 6.07) is 19.6. The van der Waals surface area contributed by atoms with Gasteiger partial charge in [0.05, 0.1) is 10.5 Å². The molecule has 0 aromatic heterocycles. The number of hydrogen-bond acceptors (Lipinski definition) is 4. The third-order valence-electron chi connectivity index (χ3n) is 4.29. The minimum Gasteiger partial charge on any atom is -0.422 e. The Kier molecular flexibility index (Phi) is 5.07. The molecule has 1 aliphatic rings. The zero-order valence-corrected chi connectivity index (χ0v) is 16.5. The molecule has 0 N–H and O–H groups in total. The van der Waals surface area contributed by atoms with E-state index in [1.54, 1.807) is 36.4 Å². The SMILES string of the molecule is Cc1ccc(OC(=O)c2cccc(Cl)c2)c(/C=C2\Sc3ccccc3C2=O)c1. The molecule has 138 valence electrons. The van der Waals surface area contributed by atoms with Crippen LogP contribution >= 0.6 is 23.4 Å². The van der Waals surface area contributed by atoms with E-state index in [1.807, 2.05) is 43.3 Å². The van der Waals surface area contributed by atoms with Crippen LogP contribution in [-0.2, 0) is 0 Å². The summed E-state index contributed by atoms with van der Waals surface area (Å²) >= 11 is 7.38. The Balaban J connectivity index is 1.67. The summed E-state index contributed by atoms with van der Waals surface area (Å²) in [5.74, 6) is -0.124. The van der Waals surface area contributed by atoms with Gasteiger partial charge < -0.3 is 4.74 Å². The van der Waals surface area contributed by atoms with Crippen LogP contribution in [0.4, 0.5) is 0 Å². The van der Waals surface area contributed by atoms with Gasteiger partial charge >= 0.3 is 5.97 Å². The normalized spacial score (nSPS) is 14.2. The molecule has 4 rings (SSSR count). The smallest absolute Gasteiger partial charge is 0.343 e. The van der Waals surface area contributed by atoms with Gasteiger partial charge in [-0.05, 0) is 55.5 Å². The summed E-state index contributed by atoms with van der Waals surface area (Å²) in [6.07, 6.45) is 1.78. The van der Waals surface area contributed by atoms with E-state index in [1.165, 1.54) is 11.8 Å². The maximum absolute atomic E-state index is 12.7. The minimum atomic E-state index is -0.500. The van der Waals surface area contributed by atoms with E-state index in [4.69, 9.17) is 16.3 Å². The van der Waals surface area contributed by atoms with Gasteiger partial charge in [0.1, 0.15) is 5.75 Å². The number of carbonyl (C=O) groups is 2. The fourth-order valence-electron chi connectivity index (χ4n) is 2.92. The number of halogens is 1. The van der Waals surface area contributed by atoms with E-state index in [0.717, 1.165) is 10.5 Å². The van der Waals surface area contributed by atoms with Crippen molar-refractivity contribution in [2.45, 2.75) is 11.8 Å². The summed E-state index contributed by atoms with van der Waals surface area (Å²) in [4.78, 5) is 26.7. The standard InChI is InChI=1S/C23H15ClO3S/c1-14-9-10-19(27-23(26)15-5-4-6-17(24)12-15)16(11-14)13-21-22(25)18-7-2-3-8-20(18)28-21/h2-13H,1H3/b21-13-. The van der Waals surface area contributed by atoms with E-state index in [9.17, 15) is 9.59 Å². The van der Waals surface area contributed by atoms with Crippen molar-refractivity contribution in [2.24, 2.45) is 0 Å². The van der Waals surface area contributed by atoms with Crippen molar-refractivity contribution in [3.05, 3.63) is 98.9 Å².